The van der Waals surface area contributed by atoms with Gasteiger partial charge in [0.05, 0.1) is 25.3 Å². The summed E-state index contributed by atoms with van der Waals surface area (Å²) in [4.78, 5) is 27.5. The number of unbranched alkanes of at least 4 members (excludes halogenated alkanes) is 2. The molecule has 1 amide bonds. The third-order valence-corrected chi connectivity index (χ3v) is 5.81. The minimum atomic E-state index is -0.814. The lowest BCUT2D eigenvalue weighted by Gasteiger charge is -2.25. The lowest BCUT2D eigenvalue weighted by atomic mass is 9.94. The van der Waals surface area contributed by atoms with Crippen molar-refractivity contribution < 1.29 is 29.3 Å². The molecule has 2 N–H and O–H groups in total. The molecular formula is C26H31NO6. The van der Waals surface area contributed by atoms with Gasteiger partial charge in [-0.1, -0.05) is 25.8 Å². The number of hydrogen-bond donors (Lipinski definition) is 2. The van der Waals surface area contributed by atoms with Crippen LogP contribution in [0.25, 0.3) is 5.76 Å². The van der Waals surface area contributed by atoms with Crippen molar-refractivity contribution in [3.05, 3.63) is 58.7 Å². The number of aromatic hydroxyl groups is 1. The molecule has 176 valence electrons. The summed E-state index contributed by atoms with van der Waals surface area (Å²) in [6.07, 6.45) is 2.59. The number of amides is 1. The highest BCUT2D eigenvalue weighted by Crippen LogP contribution is 2.42. The van der Waals surface area contributed by atoms with Crippen molar-refractivity contribution in [1.29, 1.82) is 0 Å². The average molecular weight is 454 g/mol. The summed E-state index contributed by atoms with van der Waals surface area (Å²) in [7, 11) is 1.44. The Morgan fingerprint density at radius 3 is 2.39 bits per heavy atom. The molecule has 1 unspecified atom stereocenters. The van der Waals surface area contributed by atoms with Crippen molar-refractivity contribution in [3.63, 3.8) is 0 Å². The monoisotopic (exact) mass is 453 g/mol. The van der Waals surface area contributed by atoms with Gasteiger partial charge < -0.3 is 24.6 Å². The number of aliphatic hydroxyl groups is 1. The lowest BCUT2D eigenvalue weighted by Crippen LogP contribution is -2.30. The van der Waals surface area contributed by atoms with Gasteiger partial charge in [-0.2, -0.15) is 0 Å². The molecule has 1 atom stereocenters. The summed E-state index contributed by atoms with van der Waals surface area (Å²) in [5.74, 6) is -0.787. The number of phenolic OH excluding ortho intramolecular Hbond substituents is 1. The molecule has 3 rings (SSSR count). The van der Waals surface area contributed by atoms with E-state index in [-0.39, 0.29) is 22.8 Å². The first kappa shape index (κ1) is 24.2. The SMILES string of the molecule is CCCCCN1C(=O)C(=O)/C(=C(\O)c2ccc(OCC)c(C)c2)C1c1ccc(OC)c(O)c1. The topological polar surface area (TPSA) is 96.3 Å². The van der Waals surface area contributed by atoms with Crippen molar-refractivity contribution in [1.82, 2.24) is 4.90 Å². The van der Waals surface area contributed by atoms with Crippen molar-refractivity contribution in [2.75, 3.05) is 20.3 Å². The van der Waals surface area contributed by atoms with Gasteiger partial charge in [0.25, 0.3) is 11.7 Å². The van der Waals surface area contributed by atoms with Gasteiger partial charge in [-0.05, 0) is 61.7 Å². The Kier molecular flexibility index (Phi) is 7.63. The van der Waals surface area contributed by atoms with Crippen LogP contribution in [0.15, 0.2) is 42.0 Å². The van der Waals surface area contributed by atoms with E-state index in [1.54, 1.807) is 30.3 Å². The fourth-order valence-electron chi connectivity index (χ4n) is 4.14. The minimum Gasteiger partial charge on any atom is -0.507 e. The number of methoxy groups -OCH3 is 1. The number of carbonyl (C=O) groups excluding carboxylic acids is 2. The quantitative estimate of drug-likeness (QED) is 0.247. The van der Waals surface area contributed by atoms with Gasteiger partial charge in [0.1, 0.15) is 11.5 Å². The number of nitrogens with zero attached hydrogens (tertiary/aromatic N) is 1. The van der Waals surface area contributed by atoms with E-state index >= 15 is 0 Å². The van der Waals surface area contributed by atoms with Crippen LogP contribution in [0.3, 0.4) is 0 Å². The zero-order valence-corrected chi connectivity index (χ0v) is 19.6. The molecule has 0 bridgehead atoms. The molecule has 1 heterocycles. The number of ketones is 1. The number of carbonyl (C=O) groups is 2. The Hall–Kier alpha value is -3.48. The van der Waals surface area contributed by atoms with E-state index in [0.29, 0.717) is 30.0 Å². The summed E-state index contributed by atoms with van der Waals surface area (Å²) in [5.41, 5.74) is 1.75. The predicted molar refractivity (Wildman–Crippen MR) is 126 cm³/mol. The Morgan fingerprint density at radius 1 is 1.06 bits per heavy atom. The van der Waals surface area contributed by atoms with Crippen LogP contribution in [-0.2, 0) is 9.59 Å². The molecule has 33 heavy (non-hydrogen) atoms. The maximum atomic E-state index is 13.1. The lowest BCUT2D eigenvalue weighted by molar-refractivity contribution is -0.139. The number of Topliss-reactive ketones (excluding diaryl/α,β-unsaturated/α-hetero) is 1. The van der Waals surface area contributed by atoms with E-state index in [9.17, 15) is 19.8 Å². The van der Waals surface area contributed by atoms with E-state index in [0.717, 1.165) is 24.8 Å². The van der Waals surface area contributed by atoms with Crippen molar-refractivity contribution in [2.45, 2.75) is 46.1 Å². The molecule has 1 aliphatic heterocycles. The maximum absolute atomic E-state index is 13.1. The number of aliphatic hydroxyl groups excluding tert-OH is 1. The summed E-state index contributed by atoms with van der Waals surface area (Å²) >= 11 is 0. The van der Waals surface area contributed by atoms with E-state index in [1.165, 1.54) is 18.1 Å². The standard InChI is InChI=1S/C26H31NO6/c1-5-7-8-13-27-23(17-9-12-21(32-4)19(28)15-17)22(25(30)26(27)31)24(29)18-10-11-20(33-6-2)16(3)14-18/h9-12,14-15,23,28-29H,5-8,13H2,1-4H3/b24-22-. The second kappa shape index (κ2) is 10.4. The molecule has 1 saturated heterocycles. The summed E-state index contributed by atoms with van der Waals surface area (Å²) < 4.78 is 10.7. The molecule has 0 spiro atoms. The molecule has 1 aliphatic rings. The van der Waals surface area contributed by atoms with Crippen LogP contribution in [0.4, 0.5) is 0 Å². The van der Waals surface area contributed by atoms with Crippen LogP contribution in [-0.4, -0.2) is 47.1 Å². The highest BCUT2D eigenvalue weighted by Gasteiger charge is 2.46. The largest absolute Gasteiger partial charge is 0.507 e. The predicted octanol–water partition coefficient (Wildman–Crippen LogP) is 4.72. The Bertz CT molecular complexity index is 1070. The normalized spacial score (nSPS) is 17.5. The fourth-order valence-corrected chi connectivity index (χ4v) is 4.14. The number of hydrogen-bond acceptors (Lipinski definition) is 6. The molecule has 0 saturated carbocycles. The van der Waals surface area contributed by atoms with E-state index in [1.807, 2.05) is 13.8 Å². The smallest absolute Gasteiger partial charge is 0.295 e. The van der Waals surface area contributed by atoms with Crippen LogP contribution in [0.2, 0.25) is 0 Å². The maximum Gasteiger partial charge on any atom is 0.295 e. The van der Waals surface area contributed by atoms with Crippen molar-refractivity contribution >= 4 is 17.4 Å². The van der Waals surface area contributed by atoms with E-state index in [2.05, 4.69) is 6.92 Å². The van der Waals surface area contributed by atoms with Crippen LogP contribution < -0.4 is 9.47 Å². The summed E-state index contributed by atoms with van der Waals surface area (Å²) in [6, 6.07) is 9.06. The fraction of sp³-hybridized carbons (Fsp3) is 0.385. The van der Waals surface area contributed by atoms with Gasteiger partial charge in [0.2, 0.25) is 0 Å². The van der Waals surface area contributed by atoms with Gasteiger partial charge in [0, 0.05) is 12.1 Å². The molecule has 0 aromatic heterocycles. The van der Waals surface area contributed by atoms with E-state index in [4.69, 9.17) is 9.47 Å². The molecule has 1 fully saturated rings. The number of rotatable bonds is 9. The zero-order valence-electron chi connectivity index (χ0n) is 19.6. The zero-order chi connectivity index (χ0) is 24.1. The second-order valence-electron chi connectivity index (χ2n) is 8.04. The van der Waals surface area contributed by atoms with Crippen LogP contribution >= 0.6 is 0 Å². The first-order chi connectivity index (χ1) is 15.8. The first-order valence-electron chi connectivity index (χ1n) is 11.2. The third-order valence-electron chi connectivity index (χ3n) is 5.81. The molecule has 0 radical (unpaired) electrons. The van der Waals surface area contributed by atoms with Crippen molar-refractivity contribution in [2.24, 2.45) is 0 Å². The number of aryl methyl sites for hydroxylation is 1. The summed E-state index contributed by atoms with van der Waals surface area (Å²) in [5, 5.41) is 21.5. The molecule has 2 aromatic rings. The number of ether oxygens (including phenoxy) is 2. The third kappa shape index (κ3) is 4.82. The van der Waals surface area contributed by atoms with Gasteiger partial charge >= 0.3 is 0 Å². The van der Waals surface area contributed by atoms with Crippen LogP contribution in [0.5, 0.6) is 17.2 Å². The number of likely N-dealkylation sites (tertiary alicyclic amines) is 1. The Morgan fingerprint density at radius 2 is 1.79 bits per heavy atom. The highest BCUT2D eigenvalue weighted by atomic mass is 16.5. The van der Waals surface area contributed by atoms with Gasteiger partial charge in [-0.15, -0.1) is 0 Å². The van der Waals surface area contributed by atoms with Gasteiger partial charge in [-0.25, -0.2) is 0 Å². The molecule has 7 heteroatoms. The Labute approximate surface area is 194 Å². The van der Waals surface area contributed by atoms with Crippen LogP contribution in [0, 0.1) is 6.92 Å². The minimum absolute atomic E-state index is 0.00428. The molecular weight excluding hydrogens is 422 g/mol. The molecule has 7 nitrogen and oxygen atoms in total. The second-order valence-corrected chi connectivity index (χ2v) is 8.04. The van der Waals surface area contributed by atoms with Crippen LogP contribution in [0.1, 0.15) is 55.8 Å². The Balaban J connectivity index is 2.13. The van der Waals surface area contributed by atoms with Crippen molar-refractivity contribution in [3.8, 4) is 17.2 Å². The average Bonchev–Trinajstić information content (AvgIpc) is 3.05. The number of benzene rings is 2. The molecule has 2 aromatic carbocycles. The number of phenols is 1. The van der Waals surface area contributed by atoms with E-state index < -0.39 is 17.7 Å². The highest BCUT2D eigenvalue weighted by molar-refractivity contribution is 6.46. The van der Waals surface area contributed by atoms with Gasteiger partial charge in [-0.3, -0.25) is 9.59 Å². The molecule has 0 aliphatic carbocycles. The summed E-state index contributed by atoms with van der Waals surface area (Å²) in [6.45, 7) is 6.67. The first-order valence-corrected chi connectivity index (χ1v) is 11.2. The van der Waals surface area contributed by atoms with Gasteiger partial charge in [0.15, 0.2) is 11.5 Å².